The van der Waals surface area contributed by atoms with E-state index in [0.717, 1.165) is 17.7 Å². The molecule has 3 rings (SSSR count). The molecule has 0 spiro atoms. The second-order valence-electron chi connectivity index (χ2n) is 7.78. The van der Waals surface area contributed by atoms with Crippen molar-refractivity contribution in [3.05, 3.63) is 66.0 Å². The molecule has 1 atom stereocenters. The molecule has 1 aliphatic heterocycles. The minimum atomic E-state index is -0.227. The molecule has 1 fully saturated rings. The summed E-state index contributed by atoms with van der Waals surface area (Å²) in [6, 6.07) is 13.9. The van der Waals surface area contributed by atoms with Crippen molar-refractivity contribution in [1.29, 1.82) is 0 Å². The van der Waals surface area contributed by atoms with Crippen molar-refractivity contribution in [1.82, 2.24) is 19.7 Å². The average Bonchev–Trinajstić information content (AvgIpc) is 2.77. The first-order chi connectivity index (χ1) is 14.0. The molecular weight excluding hydrogens is 364 g/mol. The van der Waals surface area contributed by atoms with E-state index >= 15 is 0 Å². The maximum absolute atomic E-state index is 13.4. The lowest BCUT2D eigenvalue weighted by molar-refractivity contribution is -0.140. The van der Waals surface area contributed by atoms with Gasteiger partial charge < -0.3 is 14.7 Å². The minimum Gasteiger partial charge on any atom is -0.339 e. The van der Waals surface area contributed by atoms with Crippen LogP contribution in [0.1, 0.15) is 23.5 Å². The highest BCUT2D eigenvalue weighted by Crippen LogP contribution is 2.24. The third-order valence-electron chi connectivity index (χ3n) is 5.41. The molecule has 1 saturated heterocycles. The van der Waals surface area contributed by atoms with Crippen molar-refractivity contribution >= 4 is 11.8 Å². The minimum absolute atomic E-state index is 0.133. The highest BCUT2D eigenvalue weighted by atomic mass is 16.2. The Labute approximate surface area is 173 Å². The topological polar surface area (TPSA) is 56.8 Å². The fourth-order valence-electron chi connectivity index (χ4n) is 3.66. The van der Waals surface area contributed by atoms with Crippen LogP contribution in [-0.2, 0) is 16.0 Å². The van der Waals surface area contributed by atoms with Gasteiger partial charge in [0, 0.05) is 51.5 Å². The number of carbonyl (C=O) groups excluding carboxylic acids is 2. The fourth-order valence-corrected chi connectivity index (χ4v) is 3.66. The fraction of sp³-hybridized carbons (Fsp3) is 0.435. The zero-order valence-corrected chi connectivity index (χ0v) is 17.3. The van der Waals surface area contributed by atoms with Crippen molar-refractivity contribution in [3.8, 4) is 0 Å². The van der Waals surface area contributed by atoms with Crippen LogP contribution in [0.4, 0.5) is 0 Å². The largest absolute Gasteiger partial charge is 0.339 e. The zero-order chi connectivity index (χ0) is 20.6. The van der Waals surface area contributed by atoms with Gasteiger partial charge >= 0.3 is 0 Å². The maximum atomic E-state index is 13.4. The third kappa shape index (κ3) is 5.87. The van der Waals surface area contributed by atoms with E-state index in [9.17, 15) is 9.59 Å². The molecule has 2 heterocycles. The van der Waals surface area contributed by atoms with E-state index in [1.165, 1.54) is 0 Å². The van der Waals surface area contributed by atoms with Gasteiger partial charge in [0.15, 0.2) is 0 Å². The Hall–Kier alpha value is -2.73. The van der Waals surface area contributed by atoms with E-state index in [1.807, 2.05) is 71.3 Å². The molecule has 1 aromatic carbocycles. The summed E-state index contributed by atoms with van der Waals surface area (Å²) in [7, 11) is 3.94. The number of hydrogen-bond donors (Lipinski definition) is 0. The van der Waals surface area contributed by atoms with Crippen LogP contribution in [0.2, 0.25) is 0 Å². The van der Waals surface area contributed by atoms with Crippen LogP contribution in [-0.4, -0.2) is 78.3 Å². The number of piperazine rings is 1. The lowest BCUT2D eigenvalue weighted by atomic mass is 9.91. The van der Waals surface area contributed by atoms with Crippen LogP contribution in [0.25, 0.3) is 0 Å². The van der Waals surface area contributed by atoms with E-state index < -0.39 is 0 Å². The number of nitrogens with zero attached hydrogens (tertiary/aromatic N) is 4. The van der Waals surface area contributed by atoms with Crippen molar-refractivity contribution in [3.63, 3.8) is 0 Å². The molecule has 2 amide bonds. The van der Waals surface area contributed by atoms with Crippen LogP contribution < -0.4 is 0 Å². The molecule has 29 heavy (non-hydrogen) atoms. The molecule has 0 saturated carbocycles. The molecular formula is C23H30N4O2. The smallest absolute Gasteiger partial charge is 0.230 e. The van der Waals surface area contributed by atoms with Gasteiger partial charge in [0.2, 0.25) is 11.8 Å². The standard InChI is InChI=1S/C23H30N4O2/c1-25(2)13-10-22(28)26-14-16-27(17-15-26)23(29)21(20-6-4-3-5-7-20)18-19-8-11-24-12-9-19/h3-9,11-12,21H,10,13-18H2,1-2H3. The first-order valence-corrected chi connectivity index (χ1v) is 10.2. The lowest BCUT2D eigenvalue weighted by Gasteiger charge is -2.37. The van der Waals surface area contributed by atoms with Crippen LogP contribution in [0.5, 0.6) is 0 Å². The summed E-state index contributed by atoms with van der Waals surface area (Å²) in [5, 5.41) is 0. The predicted octanol–water partition coefficient (Wildman–Crippen LogP) is 2.03. The van der Waals surface area contributed by atoms with Gasteiger partial charge in [-0.05, 0) is 43.8 Å². The molecule has 1 aromatic heterocycles. The van der Waals surface area contributed by atoms with Gasteiger partial charge in [0.25, 0.3) is 0 Å². The summed E-state index contributed by atoms with van der Waals surface area (Å²) in [4.78, 5) is 35.6. The van der Waals surface area contributed by atoms with Gasteiger partial charge in [-0.3, -0.25) is 14.6 Å². The van der Waals surface area contributed by atoms with Crippen LogP contribution in [0.15, 0.2) is 54.9 Å². The number of hydrogen-bond acceptors (Lipinski definition) is 4. The summed E-state index contributed by atoms with van der Waals surface area (Å²) in [6.45, 7) is 3.14. The molecule has 2 aromatic rings. The summed E-state index contributed by atoms with van der Waals surface area (Å²) >= 11 is 0. The molecule has 1 aliphatic rings. The molecule has 0 bridgehead atoms. The summed E-state index contributed by atoms with van der Waals surface area (Å²) < 4.78 is 0. The van der Waals surface area contributed by atoms with Gasteiger partial charge in [0.05, 0.1) is 5.92 Å². The highest BCUT2D eigenvalue weighted by Gasteiger charge is 2.30. The monoisotopic (exact) mass is 394 g/mol. The van der Waals surface area contributed by atoms with E-state index in [2.05, 4.69) is 4.98 Å². The first-order valence-electron chi connectivity index (χ1n) is 10.2. The van der Waals surface area contributed by atoms with Gasteiger partial charge in [0.1, 0.15) is 0 Å². The summed E-state index contributed by atoms with van der Waals surface area (Å²) in [5.41, 5.74) is 2.12. The normalized spacial score (nSPS) is 15.4. The number of pyridine rings is 1. The predicted molar refractivity (Wildman–Crippen MR) is 113 cm³/mol. The second kappa shape index (κ2) is 10.2. The van der Waals surface area contributed by atoms with Crippen molar-refractivity contribution in [2.45, 2.75) is 18.8 Å². The lowest BCUT2D eigenvalue weighted by Crippen LogP contribution is -2.52. The molecule has 0 N–H and O–H groups in total. The van der Waals surface area contributed by atoms with Crippen LogP contribution >= 0.6 is 0 Å². The number of rotatable bonds is 7. The zero-order valence-electron chi connectivity index (χ0n) is 17.3. The average molecular weight is 395 g/mol. The number of amides is 2. The van der Waals surface area contributed by atoms with Crippen LogP contribution in [0, 0.1) is 0 Å². The molecule has 154 valence electrons. The van der Waals surface area contributed by atoms with E-state index in [1.54, 1.807) is 12.4 Å². The maximum Gasteiger partial charge on any atom is 0.230 e. The molecule has 0 radical (unpaired) electrons. The van der Waals surface area contributed by atoms with E-state index in [4.69, 9.17) is 0 Å². The van der Waals surface area contributed by atoms with Crippen molar-refractivity contribution in [2.24, 2.45) is 0 Å². The summed E-state index contributed by atoms with van der Waals surface area (Å²) in [6.07, 6.45) is 4.70. The van der Waals surface area contributed by atoms with E-state index in [-0.39, 0.29) is 17.7 Å². The van der Waals surface area contributed by atoms with Gasteiger partial charge in [-0.15, -0.1) is 0 Å². The Morgan fingerprint density at radius 2 is 1.59 bits per heavy atom. The van der Waals surface area contributed by atoms with Crippen molar-refractivity contribution in [2.75, 3.05) is 46.8 Å². The Morgan fingerprint density at radius 1 is 0.966 bits per heavy atom. The van der Waals surface area contributed by atoms with Gasteiger partial charge in [-0.2, -0.15) is 0 Å². The molecule has 1 unspecified atom stereocenters. The van der Waals surface area contributed by atoms with Gasteiger partial charge in [-0.25, -0.2) is 0 Å². The Morgan fingerprint density at radius 3 is 2.21 bits per heavy atom. The molecule has 6 heteroatoms. The number of benzene rings is 1. The van der Waals surface area contributed by atoms with E-state index in [0.29, 0.717) is 39.0 Å². The second-order valence-corrected chi connectivity index (χ2v) is 7.78. The third-order valence-corrected chi connectivity index (χ3v) is 5.41. The number of aromatic nitrogens is 1. The SMILES string of the molecule is CN(C)CCC(=O)N1CCN(C(=O)C(Cc2ccncc2)c2ccccc2)CC1. The first kappa shape index (κ1) is 21.0. The molecule has 6 nitrogen and oxygen atoms in total. The molecule has 0 aliphatic carbocycles. The Balaban J connectivity index is 1.65. The quantitative estimate of drug-likeness (QED) is 0.721. The Kier molecular flexibility index (Phi) is 7.36. The van der Waals surface area contributed by atoms with Gasteiger partial charge in [-0.1, -0.05) is 30.3 Å². The van der Waals surface area contributed by atoms with Crippen molar-refractivity contribution < 1.29 is 9.59 Å². The highest BCUT2D eigenvalue weighted by molar-refractivity contribution is 5.84. The summed E-state index contributed by atoms with van der Waals surface area (Å²) in [5.74, 6) is 0.0742. The van der Waals surface area contributed by atoms with Crippen LogP contribution in [0.3, 0.4) is 0 Å². The Bertz CT molecular complexity index is 787. The number of carbonyl (C=O) groups is 2.